The van der Waals surface area contributed by atoms with E-state index in [-0.39, 0.29) is 23.1 Å². The van der Waals surface area contributed by atoms with Gasteiger partial charge in [0.05, 0.1) is 5.02 Å². The van der Waals surface area contributed by atoms with Gasteiger partial charge in [-0.25, -0.2) is 0 Å². The molecule has 6 heteroatoms. The first-order valence-corrected chi connectivity index (χ1v) is 4.94. The van der Waals surface area contributed by atoms with E-state index in [0.717, 1.165) is 6.42 Å². The molecule has 76 valence electrons. The molecule has 1 aromatic heterocycles. The molecule has 1 fully saturated rings. The molecule has 0 bridgehead atoms. The Labute approximate surface area is 90.8 Å². The normalized spacial score (nSPS) is 24.8. The van der Waals surface area contributed by atoms with Crippen LogP contribution in [0.2, 0.25) is 10.2 Å². The maximum atomic E-state index is 11.5. The molecule has 2 unspecified atom stereocenters. The highest BCUT2D eigenvalue weighted by Crippen LogP contribution is 2.23. The van der Waals surface area contributed by atoms with Gasteiger partial charge in [-0.2, -0.15) is 0 Å². The number of hydrogen-bond acceptors (Lipinski definition) is 2. The molecule has 0 aliphatic heterocycles. The third kappa shape index (κ3) is 1.87. The number of nitrogens with two attached hydrogens (primary N) is 1. The Morgan fingerprint density at radius 3 is 2.71 bits per heavy atom. The van der Waals surface area contributed by atoms with Crippen LogP contribution in [-0.4, -0.2) is 23.0 Å². The molecular formula is C8H9Cl2N3O. The zero-order valence-corrected chi connectivity index (χ0v) is 8.69. The van der Waals surface area contributed by atoms with Gasteiger partial charge in [0.15, 0.2) is 0 Å². The minimum Gasteiger partial charge on any atom is -0.346 e. The zero-order chi connectivity index (χ0) is 10.3. The SMILES string of the molecule is NC1CC1NC(=O)c1cc(Cl)c(Cl)[nH]1. The Morgan fingerprint density at radius 1 is 1.64 bits per heavy atom. The first-order chi connectivity index (χ1) is 6.58. The fourth-order valence-corrected chi connectivity index (χ4v) is 1.47. The Morgan fingerprint density at radius 2 is 2.29 bits per heavy atom. The monoisotopic (exact) mass is 233 g/mol. The van der Waals surface area contributed by atoms with Gasteiger partial charge in [-0.05, 0) is 12.5 Å². The minimum atomic E-state index is -0.225. The van der Waals surface area contributed by atoms with Gasteiger partial charge in [-0.15, -0.1) is 0 Å². The van der Waals surface area contributed by atoms with Crippen molar-refractivity contribution < 1.29 is 4.79 Å². The molecule has 0 radical (unpaired) electrons. The van der Waals surface area contributed by atoms with Crippen LogP contribution in [0.1, 0.15) is 16.9 Å². The number of carbonyl (C=O) groups excluding carboxylic acids is 1. The lowest BCUT2D eigenvalue weighted by atomic mass is 10.4. The van der Waals surface area contributed by atoms with Gasteiger partial charge in [-0.1, -0.05) is 23.2 Å². The van der Waals surface area contributed by atoms with Crippen molar-refractivity contribution in [2.75, 3.05) is 0 Å². The first kappa shape index (κ1) is 9.83. The highest BCUT2D eigenvalue weighted by atomic mass is 35.5. The molecule has 1 saturated carbocycles. The van der Waals surface area contributed by atoms with Gasteiger partial charge < -0.3 is 16.0 Å². The van der Waals surface area contributed by atoms with E-state index in [1.165, 1.54) is 6.07 Å². The van der Waals surface area contributed by atoms with Crippen molar-refractivity contribution in [3.63, 3.8) is 0 Å². The van der Waals surface area contributed by atoms with Crippen molar-refractivity contribution in [1.82, 2.24) is 10.3 Å². The standard InChI is InChI=1S/C8H9Cl2N3O/c9-3-1-6(12-7(3)10)8(14)13-5-2-4(5)11/h1,4-5,12H,2,11H2,(H,13,14). The second-order valence-corrected chi connectivity index (χ2v) is 4.11. The van der Waals surface area contributed by atoms with Crippen LogP contribution in [0, 0.1) is 0 Å². The second-order valence-electron chi connectivity index (χ2n) is 3.32. The van der Waals surface area contributed by atoms with Crippen molar-refractivity contribution in [1.29, 1.82) is 0 Å². The summed E-state index contributed by atoms with van der Waals surface area (Å²) in [6.45, 7) is 0. The molecule has 0 spiro atoms. The molecule has 14 heavy (non-hydrogen) atoms. The van der Waals surface area contributed by atoms with E-state index in [9.17, 15) is 4.79 Å². The molecule has 4 N–H and O–H groups in total. The van der Waals surface area contributed by atoms with Crippen LogP contribution in [0.4, 0.5) is 0 Å². The van der Waals surface area contributed by atoms with Crippen molar-refractivity contribution in [2.45, 2.75) is 18.5 Å². The van der Waals surface area contributed by atoms with E-state index in [0.29, 0.717) is 10.7 Å². The number of H-pyrrole nitrogens is 1. The van der Waals surface area contributed by atoms with E-state index >= 15 is 0 Å². The van der Waals surface area contributed by atoms with E-state index in [1.807, 2.05) is 0 Å². The molecule has 1 aliphatic rings. The highest BCUT2D eigenvalue weighted by Gasteiger charge is 2.35. The summed E-state index contributed by atoms with van der Waals surface area (Å²) in [5.41, 5.74) is 5.91. The molecule has 2 atom stereocenters. The Hall–Kier alpha value is -0.710. The average molecular weight is 234 g/mol. The van der Waals surface area contributed by atoms with Crippen LogP contribution in [0.3, 0.4) is 0 Å². The summed E-state index contributed by atoms with van der Waals surface area (Å²) >= 11 is 11.3. The summed E-state index contributed by atoms with van der Waals surface area (Å²) in [5, 5.41) is 3.37. The second kappa shape index (κ2) is 3.46. The predicted molar refractivity (Wildman–Crippen MR) is 54.7 cm³/mol. The fourth-order valence-electron chi connectivity index (χ4n) is 1.15. The molecule has 0 aromatic carbocycles. The van der Waals surface area contributed by atoms with E-state index in [4.69, 9.17) is 28.9 Å². The van der Waals surface area contributed by atoms with Crippen LogP contribution in [0.25, 0.3) is 0 Å². The number of carbonyl (C=O) groups is 1. The number of hydrogen-bond donors (Lipinski definition) is 3. The summed E-state index contributed by atoms with van der Waals surface area (Å²) in [7, 11) is 0. The van der Waals surface area contributed by atoms with Crippen molar-refractivity contribution in [3.8, 4) is 0 Å². The van der Waals surface area contributed by atoms with Gasteiger partial charge in [0.1, 0.15) is 10.8 Å². The Bertz CT molecular complexity index is 357. The maximum Gasteiger partial charge on any atom is 0.268 e. The molecule has 1 aromatic rings. The third-order valence-electron chi connectivity index (χ3n) is 2.13. The van der Waals surface area contributed by atoms with Crippen molar-refractivity contribution in [3.05, 3.63) is 21.9 Å². The molecule has 1 heterocycles. The largest absolute Gasteiger partial charge is 0.346 e. The number of halogens is 2. The van der Waals surface area contributed by atoms with Gasteiger partial charge >= 0.3 is 0 Å². The summed E-state index contributed by atoms with van der Waals surface area (Å²) in [4.78, 5) is 14.2. The van der Waals surface area contributed by atoms with Crippen LogP contribution >= 0.6 is 23.2 Å². The molecular weight excluding hydrogens is 225 g/mol. The lowest BCUT2D eigenvalue weighted by molar-refractivity contribution is 0.0946. The summed E-state index contributed by atoms with van der Waals surface area (Å²) < 4.78 is 0. The third-order valence-corrected chi connectivity index (χ3v) is 2.82. The van der Waals surface area contributed by atoms with E-state index in [1.54, 1.807) is 0 Å². The lowest BCUT2D eigenvalue weighted by Gasteiger charge is -2.00. The Kier molecular flexibility index (Phi) is 2.43. The van der Waals surface area contributed by atoms with E-state index in [2.05, 4.69) is 10.3 Å². The van der Waals surface area contributed by atoms with E-state index < -0.39 is 0 Å². The minimum absolute atomic E-state index is 0.0832. The molecule has 1 aliphatic carbocycles. The zero-order valence-electron chi connectivity index (χ0n) is 7.18. The van der Waals surface area contributed by atoms with Crippen LogP contribution in [0.15, 0.2) is 6.07 Å². The summed E-state index contributed by atoms with van der Waals surface area (Å²) in [6, 6.07) is 1.66. The van der Waals surface area contributed by atoms with Crippen LogP contribution in [0.5, 0.6) is 0 Å². The Balaban J connectivity index is 2.04. The molecule has 1 amide bonds. The van der Waals surface area contributed by atoms with Crippen molar-refractivity contribution >= 4 is 29.1 Å². The predicted octanol–water partition coefficient (Wildman–Crippen LogP) is 1.15. The molecule has 2 rings (SSSR count). The quantitative estimate of drug-likeness (QED) is 0.718. The summed E-state index contributed by atoms with van der Waals surface area (Å²) in [5.74, 6) is -0.225. The molecule has 4 nitrogen and oxygen atoms in total. The summed E-state index contributed by atoms with van der Waals surface area (Å²) in [6.07, 6.45) is 0.827. The number of aromatic amines is 1. The van der Waals surface area contributed by atoms with Crippen molar-refractivity contribution in [2.24, 2.45) is 5.73 Å². The number of rotatable bonds is 2. The van der Waals surface area contributed by atoms with Gasteiger partial charge in [0, 0.05) is 12.1 Å². The number of aromatic nitrogens is 1. The fraction of sp³-hybridized carbons (Fsp3) is 0.375. The topological polar surface area (TPSA) is 70.9 Å². The van der Waals surface area contributed by atoms with Gasteiger partial charge in [0.25, 0.3) is 5.91 Å². The molecule has 0 saturated heterocycles. The smallest absolute Gasteiger partial charge is 0.268 e. The first-order valence-electron chi connectivity index (χ1n) is 4.18. The highest BCUT2D eigenvalue weighted by molar-refractivity contribution is 6.41. The lowest BCUT2D eigenvalue weighted by Crippen LogP contribution is -2.29. The van der Waals surface area contributed by atoms with Crippen LogP contribution < -0.4 is 11.1 Å². The maximum absolute atomic E-state index is 11.5. The number of nitrogens with one attached hydrogen (secondary N) is 2. The van der Waals surface area contributed by atoms with Gasteiger partial charge in [0.2, 0.25) is 0 Å². The average Bonchev–Trinajstić information content (AvgIpc) is 2.68. The number of amides is 1. The van der Waals surface area contributed by atoms with Gasteiger partial charge in [-0.3, -0.25) is 4.79 Å². The van der Waals surface area contributed by atoms with Crippen LogP contribution in [-0.2, 0) is 0 Å².